The van der Waals surface area contributed by atoms with Crippen LogP contribution in [0.2, 0.25) is 0 Å². The molecule has 122 valence electrons. The molecule has 6 heteroatoms. The molecule has 1 heterocycles. The lowest BCUT2D eigenvalue weighted by Gasteiger charge is -2.07. The van der Waals surface area contributed by atoms with Crippen LogP contribution in [0.1, 0.15) is 11.1 Å². The van der Waals surface area contributed by atoms with Crippen LogP contribution in [0.3, 0.4) is 0 Å². The predicted octanol–water partition coefficient (Wildman–Crippen LogP) is 4.70. The van der Waals surface area contributed by atoms with E-state index in [1.54, 1.807) is 7.05 Å². The maximum Gasteiger partial charge on any atom is 0.265 e. The highest BCUT2D eigenvalue weighted by Crippen LogP contribution is 2.31. The standard InChI is InChI=1S/C18H14INO2S2/c1-20-17(21)16(24-18(20)23)10-12-4-8-15(9-5-12)22-11-13-2-6-14(19)7-3-13/h2-10H,11H2,1H3. The molecule has 0 aliphatic carbocycles. The number of thioether (sulfide) groups is 1. The van der Waals surface area contributed by atoms with Crippen molar-refractivity contribution >= 4 is 62.9 Å². The molecule has 0 saturated carbocycles. The van der Waals surface area contributed by atoms with Gasteiger partial charge in [0, 0.05) is 10.6 Å². The number of thiocarbonyl (C=S) groups is 1. The molecule has 0 bridgehead atoms. The summed E-state index contributed by atoms with van der Waals surface area (Å²) in [5.74, 6) is 0.748. The number of carbonyl (C=O) groups is 1. The van der Waals surface area contributed by atoms with Crippen molar-refractivity contribution in [2.45, 2.75) is 6.61 Å². The van der Waals surface area contributed by atoms with Gasteiger partial charge in [0.25, 0.3) is 5.91 Å². The van der Waals surface area contributed by atoms with E-state index in [9.17, 15) is 4.79 Å². The number of hydrogen-bond acceptors (Lipinski definition) is 4. The van der Waals surface area contributed by atoms with Crippen molar-refractivity contribution in [2.75, 3.05) is 7.05 Å². The lowest BCUT2D eigenvalue weighted by atomic mass is 10.2. The fourth-order valence-electron chi connectivity index (χ4n) is 2.10. The number of likely N-dealkylation sites (N-methyl/N-ethyl adjacent to an activating group) is 1. The van der Waals surface area contributed by atoms with Crippen LogP contribution in [-0.4, -0.2) is 22.2 Å². The lowest BCUT2D eigenvalue weighted by Crippen LogP contribution is -2.22. The third kappa shape index (κ3) is 4.17. The van der Waals surface area contributed by atoms with Gasteiger partial charge in [0.05, 0.1) is 4.91 Å². The first-order valence-corrected chi connectivity index (χ1v) is 9.52. The molecular formula is C18H14INO2S2. The second kappa shape index (κ2) is 7.67. The normalized spacial score (nSPS) is 16.1. The zero-order valence-corrected chi connectivity index (χ0v) is 16.7. The van der Waals surface area contributed by atoms with Crippen molar-refractivity contribution in [3.63, 3.8) is 0 Å². The van der Waals surface area contributed by atoms with Gasteiger partial charge in [-0.1, -0.05) is 48.2 Å². The Labute approximate surface area is 164 Å². The minimum Gasteiger partial charge on any atom is -0.489 e. The van der Waals surface area contributed by atoms with Gasteiger partial charge in [-0.3, -0.25) is 9.69 Å². The van der Waals surface area contributed by atoms with E-state index in [4.69, 9.17) is 17.0 Å². The average Bonchev–Trinajstić information content (AvgIpc) is 2.83. The van der Waals surface area contributed by atoms with Gasteiger partial charge in [-0.2, -0.15) is 0 Å². The van der Waals surface area contributed by atoms with Crippen molar-refractivity contribution in [3.8, 4) is 5.75 Å². The summed E-state index contributed by atoms with van der Waals surface area (Å²) in [5, 5.41) is 0. The summed E-state index contributed by atoms with van der Waals surface area (Å²) in [7, 11) is 1.69. The Morgan fingerprint density at radius 3 is 2.42 bits per heavy atom. The van der Waals surface area contributed by atoms with Crippen LogP contribution in [0, 0.1) is 3.57 Å². The molecule has 0 radical (unpaired) electrons. The Morgan fingerprint density at radius 2 is 1.83 bits per heavy atom. The molecule has 24 heavy (non-hydrogen) atoms. The molecule has 1 amide bonds. The highest BCUT2D eigenvalue weighted by Gasteiger charge is 2.28. The first-order chi connectivity index (χ1) is 11.5. The molecule has 1 fully saturated rings. The maximum atomic E-state index is 12.0. The van der Waals surface area contributed by atoms with Crippen LogP contribution >= 0.6 is 46.6 Å². The van der Waals surface area contributed by atoms with Gasteiger partial charge in [-0.15, -0.1) is 0 Å². The average molecular weight is 467 g/mol. The topological polar surface area (TPSA) is 29.5 Å². The smallest absolute Gasteiger partial charge is 0.265 e. The molecular weight excluding hydrogens is 453 g/mol. The van der Waals surface area contributed by atoms with Crippen LogP contribution in [0.15, 0.2) is 53.4 Å². The molecule has 0 N–H and O–H groups in total. The number of nitrogens with zero attached hydrogens (tertiary/aromatic N) is 1. The SMILES string of the molecule is CN1C(=O)C(=Cc2ccc(OCc3ccc(I)cc3)cc2)SC1=S. The van der Waals surface area contributed by atoms with Crippen molar-refractivity contribution in [3.05, 3.63) is 68.1 Å². The Hall–Kier alpha value is -1.38. The molecule has 2 aromatic carbocycles. The van der Waals surface area contributed by atoms with Crippen LogP contribution in [0.5, 0.6) is 5.75 Å². The Kier molecular flexibility index (Phi) is 5.57. The fraction of sp³-hybridized carbons (Fsp3) is 0.111. The molecule has 0 atom stereocenters. The Bertz CT molecular complexity index is 801. The van der Waals surface area contributed by atoms with Gasteiger partial charge in [-0.25, -0.2) is 0 Å². The monoisotopic (exact) mass is 467 g/mol. The number of hydrogen-bond donors (Lipinski definition) is 0. The van der Waals surface area contributed by atoms with Crippen LogP contribution in [-0.2, 0) is 11.4 Å². The molecule has 2 aromatic rings. The van der Waals surface area contributed by atoms with Gasteiger partial charge in [0.15, 0.2) is 0 Å². The van der Waals surface area contributed by atoms with E-state index in [-0.39, 0.29) is 5.91 Å². The third-order valence-electron chi connectivity index (χ3n) is 3.48. The van der Waals surface area contributed by atoms with Crippen molar-refractivity contribution in [1.82, 2.24) is 4.90 Å². The number of benzene rings is 2. The summed E-state index contributed by atoms with van der Waals surface area (Å²) in [6.07, 6.45) is 1.85. The van der Waals surface area contributed by atoms with Gasteiger partial charge in [0.2, 0.25) is 0 Å². The minimum atomic E-state index is -0.0518. The highest BCUT2D eigenvalue weighted by molar-refractivity contribution is 14.1. The number of ether oxygens (including phenoxy) is 1. The second-order valence-electron chi connectivity index (χ2n) is 5.22. The van der Waals surface area contributed by atoms with Crippen molar-refractivity contribution in [2.24, 2.45) is 0 Å². The number of carbonyl (C=O) groups excluding carboxylic acids is 1. The second-order valence-corrected chi connectivity index (χ2v) is 8.15. The molecule has 1 saturated heterocycles. The minimum absolute atomic E-state index is 0.0518. The van der Waals surface area contributed by atoms with Gasteiger partial charge in [-0.05, 0) is 64.1 Å². The molecule has 3 rings (SSSR count). The first-order valence-electron chi connectivity index (χ1n) is 7.22. The van der Waals surface area contributed by atoms with Crippen LogP contribution in [0.4, 0.5) is 0 Å². The van der Waals surface area contributed by atoms with Gasteiger partial charge in [0.1, 0.15) is 16.7 Å². The van der Waals surface area contributed by atoms with E-state index < -0.39 is 0 Å². The zero-order chi connectivity index (χ0) is 17.1. The summed E-state index contributed by atoms with van der Waals surface area (Å²) in [6, 6.07) is 15.9. The molecule has 0 aromatic heterocycles. The first kappa shape index (κ1) is 17.4. The molecule has 0 spiro atoms. The molecule has 1 aliphatic heterocycles. The number of halogens is 1. The summed E-state index contributed by atoms with van der Waals surface area (Å²) in [6.45, 7) is 0.532. The van der Waals surface area contributed by atoms with E-state index >= 15 is 0 Å². The summed E-state index contributed by atoms with van der Waals surface area (Å²) in [4.78, 5) is 14.1. The van der Waals surface area contributed by atoms with E-state index in [1.165, 1.54) is 20.2 Å². The van der Waals surface area contributed by atoms with E-state index in [1.807, 2.05) is 30.3 Å². The molecule has 0 unspecified atom stereocenters. The summed E-state index contributed by atoms with van der Waals surface area (Å²) < 4.78 is 7.58. The lowest BCUT2D eigenvalue weighted by molar-refractivity contribution is -0.121. The number of rotatable bonds is 4. The van der Waals surface area contributed by atoms with Crippen molar-refractivity contribution < 1.29 is 9.53 Å². The predicted molar refractivity (Wildman–Crippen MR) is 111 cm³/mol. The fourth-order valence-corrected chi connectivity index (χ4v) is 3.64. The Balaban J connectivity index is 1.64. The highest BCUT2D eigenvalue weighted by atomic mass is 127. The van der Waals surface area contributed by atoms with Crippen LogP contribution in [0.25, 0.3) is 6.08 Å². The van der Waals surface area contributed by atoms with Crippen molar-refractivity contribution in [1.29, 1.82) is 0 Å². The van der Waals surface area contributed by atoms with Gasteiger partial charge >= 0.3 is 0 Å². The van der Waals surface area contributed by atoms with Gasteiger partial charge < -0.3 is 4.74 Å². The third-order valence-corrected chi connectivity index (χ3v) is 5.69. The zero-order valence-electron chi connectivity index (χ0n) is 12.9. The summed E-state index contributed by atoms with van der Waals surface area (Å²) in [5.41, 5.74) is 2.08. The quantitative estimate of drug-likeness (QED) is 0.371. The Morgan fingerprint density at radius 1 is 1.17 bits per heavy atom. The maximum absolute atomic E-state index is 12.0. The largest absolute Gasteiger partial charge is 0.489 e. The summed E-state index contributed by atoms with van der Waals surface area (Å²) >= 11 is 8.74. The molecule has 1 aliphatic rings. The molecule has 3 nitrogen and oxygen atoms in total. The number of amides is 1. The van der Waals surface area contributed by atoms with Crippen LogP contribution < -0.4 is 4.74 Å². The van der Waals surface area contributed by atoms with E-state index in [0.717, 1.165) is 16.9 Å². The van der Waals surface area contributed by atoms with E-state index in [0.29, 0.717) is 15.8 Å². The van der Waals surface area contributed by atoms with E-state index in [2.05, 4.69) is 46.9 Å².